The molecule has 12 heteroatoms. The number of nitrogens with one attached hydrogen (secondary N) is 1. The maximum Gasteiger partial charge on any atom is 0.252 e. The van der Waals surface area contributed by atoms with Crippen molar-refractivity contribution in [3.63, 3.8) is 0 Å². The van der Waals surface area contributed by atoms with Gasteiger partial charge in [-0.1, -0.05) is 12.1 Å². The van der Waals surface area contributed by atoms with Crippen LogP contribution in [0.3, 0.4) is 0 Å². The number of thiophene rings is 1. The molecule has 1 N–H and O–H groups in total. The Morgan fingerprint density at radius 1 is 1.34 bits per heavy atom. The van der Waals surface area contributed by atoms with Gasteiger partial charge in [0.05, 0.1) is 11.6 Å². The summed E-state index contributed by atoms with van der Waals surface area (Å²) in [5, 5.41) is 7.93. The molecule has 3 heterocycles. The van der Waals surface area contributed by atoms with E-state index < -0.39 is 33.5 Å². The number of aromatic nitrogens is 2. The number of sulfonamides is 1. The van der Waals surface area contributed by atoms with Crippen molar-refractivity contribution in [2.75, 3.05) is 18.4 Å². The molecule has 3 aromatic rings. The van der Waals surface area contributed by atoms with Crippen LogP contribution in [0.15, 0.2) is 38.4 Å². The average Bonchev–Trinajstić information content (AvgIpc) is 3.45. The van der Waals surface area contributed by atoms with Crippen LogP contribution in [0.5, 0.6) is 0 Å². The maximum absolute atomic E-state index is 13.9. The monoisotopic (exact) mass is 482 g/mol. The number of carbonyl (C=O) groups is 1. The molecule has 0 bridgehead atoms. The van der Waals surface area contributed by atoms with Crippen LogP contribution < -0.4 is 5.32 Å². The maximum atomic E-state index is 13.9. The van der Waals surface area contributed by atoms with Gasteiger partial charge < -0.3 is 9.84 Å². The van der Waals surface area contributed by atoms with E-state index >= 15 is 0 Å². The molecule has 0 unspecified atom stereocenters. The lowest BCUT2D eigenvalue weighted by Gasteiger charge is -2.30. The number of halogens is 2. The van der Waals surface area contributed by atoms with E-state index in [9.17, 15) is 22.0 Å². The van der Waals surface area contributed by atoms with Gasteiger partial charge in [0.1, 0.15) is 15.8 Å². The Morgan fingerprint density at radius 3 is 2.88 bits per heavy atom. The predicted molar refractivity (Wildman–Crippen MR) is 113 cm³/mol. The summed E-state index contributed by atoms with van der Waals surface area (Å²) in [4.78, 5) is 16.8. The van der Waals surface area contributed by atoms with Crippen LogP contribution in [-0.4, -0.2) is 41.9 Å². The summed E-state index contributed by atoms with van der Waals surface area (Å²) < 4.78 is 59.7. The van der Waals surface area contributed by atoms with Crippen LogP contribution in [0.25, 0.3) is 11.4 Å². The van der Waals surface area contributed by atoms with Gasteiger partial charge in [0.25, 0.3) is 10.0 Å². The van der Waals surface area contributed by atoms with Gasteiger partial charge >= 0.3 is 0 Å². The summed E-state index contributed by atoms with van der Waals surface area (Å²) in [5.74, 6) is -2.04. The van der Waals surface area contributed by atoms with Gasteiger partial charge in [-0.05, 0) is 31.0 Å². The lowest BCUT2D eigenvalue weighted by molar-refractivity contribution is -0.120. The Hall–Kier alpha value is -2.70. The molecule has 1 aliphatic rings. The van der Waals surface area contributed by atoms with Gasteiger partial charge in [-0.25, -0.2) is 17.2 Å². The van der Waals surface area contributed by atoms with Gasteiger partial charge in [-0.2, -0.15) is 9.29 Å². The molecule has 2 aromatic heterocycles. The molecule has 0 spiro atoms. The van der Waals surface area contributed by atoms with Crippen LogP contribution in [0.1, 0.15) is 25.7 Å². The number of nitrogens with zero attached hydrogens (tertiary/aromatic N) is 3. The first-order chi connectivity index (χ1) is 15.3. The highest BCUT2D eigenvalue weighted by Gasteiger charge is 2.34. The molecule has 1 aliphatic heterocycles. The lowest BCUT2D eigenvalue weighted by Crippen LogP contribution is -2.43. The number of aryl methyl sites for hydroxylation is 1. The summed E-state index contributed by atoms with van der Waals surface area (Å²) in [6, 6.07) is 4.34. The number of rotatable bonds is 6. The molecule has 0 radical (unpaired) electrons. The summed E-state index contributed by atoms with van der Waals surface area (Å²) >= 11 is 1.04. The van der Waals surface area contributed by atoms with Gasteiger partial charge in [-0.15, -0.1) is 11.3 Å². The largest absolute Gasteiger partial charge is 0.339 e. The number of anilines is 1. The molecule has 1 fully saturated rings. The fourth-order valence-electron chi connectivity index (χ4n) is 3.41. The number of hydrogen-bond donors (Lipinski definition) is 1. The van der Waals surface area contributed by atoms with Gasteiger partial charge in [0, 0.05) is 36.5 Å². The number of piperidine rings is 1. The van der Waals surface area contributed by atoms with E-state index in [1.165, 1.54) is 10.4 Å². The summed E-state index contributed by atoms with van der Waals surface area (Å²) in [6.45, 7) is 2.10. The summed E-state index contributed by atoms with van der Waals surface area (Å²) in [7, 11) is -3.84. The number of carbonyl (C=O) groups excluding carboxylic acids is 1. The average molecular weight is 483 g/mol. The number of benzene rings is 1. The van der Waals surface area contributed by atoms with Crippen molar-refractivity contribution in [3.05, 3.63) is 47.2 Å². The van der Waals surface area contributed by atoms with Gasteiger partial charge in [0.15, 0.2) is 0 Å². The van der Waals surface area contributed by atoms with E-state index in [2.05, 4.69) is 15.5 Å². The molecule has 170 valence electrons. The molecule has 0 aliphatic carbocycles. The SMILES string of the molecule is CCc1nc(-c2csc(S(=O)(=O)N3CCC[C@@H](C(=O)Nc4ccc(F)cc4F)C3)c2)no1. The molecule has 1 saturated heterocycles. The van der Waals surface area contributed by atoms with E-state index in [1.807, 2.05) is 6.92 Å². The highest BCUT2D eigenvalue weighted by Crippen LogP contribution is 2.31. The second-order valence-corrected chi connectivity index (χ2v) is 10.4. The van der Waals surface area contributed by atoms with E-state index in [1.54, 1.807) is 5.38 Å². The Kier molecular flexibility index (Phi) is 6.35. The van der Waals surface area contributed by atoms with E-state index in [0.29, 0.717) is 42.6 Å². The molecule has 32 heavy (non-hydrogen) atoms. The minimum atomic E-state index is -3.84. The Balaban J connectivity index is 1.48. The highest BCUT2D eigenvalue weighted by atomic mass is 32.2. The topological polar surface area (TPSA) is 105 Å². The Bertz CT molecular complexity index is 1240. The lowest BCUT2D eigenvalue weighted by atomic mass is 9.98. The van der Waals surface area contributed by atoms with Gasteiger partial charge in [0.2, 0.25) is 17.6 Å². The molecular weight excluding hydrogens is 462 g/mol. The summed E-state index contributed by atoms with van der Waals surface area (Å²) in [5.41, 5.74) is 0.390. The fraction of sp³-hybridized carbons (Fsp3) is 0.350. The predicted octanol–water partition coefficient (Wildman–Crippen LogP) is 3.68. The van der Waals surface area contributed by atoms with Crippen molar-refractivity contribution >= 4 is 33.0 Å². The second kappa shape index (κ2) is 9.04. The van der Waals surface area contributed by atoms with Gasteiger partial charge in [-0.3, -0.25) is 4.79 Å². The molecule has 8 nitrogen and oxygen atoms in total. The zero-order valence-electron chi connectivity index (χ0n) is 17.0. The molecule has 1 atom stereocenters. The third-order valence-electron chi connectivity index (χ3n) is 5.14. The molecule has 4 rings (SSSR count). The van der Waals surface area contributed by atoms with Crippen LogP contribution in [0.4, 0.5) is 14.5 Å². The molecule has 1 amide bonds. The summed E-state index contributed by atoms with van der Waals surface area (Å²) in [6.07, 6.45) is 1.51. The van der Waals surface area contributed by atoms with Crippen molar-refractivity contribution in [3.8, 4) is 11.4 Å². The highest BCUT2D eigenvalue weighted by molar-refractivity contribution is 7.91. The zero-order chi connectivity index (χ0) is 22.9. The third-order valence-corrected chi connectivity index (χ3v) is 8.42. The van der Waals surface area contributed by atoms with Crippen LogP contribution in [0, 0.1) is 17.6 Å². The van der Waals surface area contributed by atoms with Crippen LogP contribution >= 0.6 is 11.3 Å². The van der Waals surface area contributed by atoms with Crippen molar-refractivity contribution in [1.29, 1.82) is 0 Å². The first kappa shape index (κ1) is 22.5. The third kappa shape index (κ3) is 4.57. The fourth-order valence-corrected chi connectivity index (χ4v) is 6.25. The minimum Gasteiger partial charge on any atom is -0.339 e. The van der Waals surface area contributed by atoms with Crippen LogP contribution in [0.2, 0.25) is 0 Å². The molecular formula is C20H20F2N4O4S2. The van der Waals surface area contributed by atoms with Crippen molar-refractivity contribution in [2.24, 2.45) is 5.92 Å². The first-order valence-electron chi connectivity index (χ1n) is 9.95. The minimum absolute atomic E-state index is 0.0353. The van der Waals surface area contributed by atoms with Crippen molar-refractivity contribution < 1.29 is 26.5 Å². The zero-order valence-corrected chi connectivity index (χ0v) is 18.7. The number of amides is 1. The van der Waals surface area contributed by atoms with Crippen LogP contribution in [-0.2, 0) is 21.2 Å². The van der Waals surface area contributed by atoms with Crippen molar-refractivity contribution in [1.82, 2.24) is 14.4 Å². The first-order valence-corrected chi connectivity index (χ1v) is 12.3. The standard InChI is InChI=1S/C20H20F2N4O4S2/c1-2-17-24-19(25-30-17)13-8-18(31-11-13)32(28,29)26-7-3-4-12(10-26)20(27)23-16-6-5-14(21)9-15(16)22/h5-6,8-9,11-12H,2-4,7,10H2,1H3,(H,23,27)/t12-/m1/s1. The normalized spacial score (nSPS) is 17.4. The van der Waals surface area contributed by atoms with E-state index in [-0.39, 0.29) is 23.0 Å². The smallest absolute Gasteiger partial charge is 0.252 e. The second-order valence-electron chi connectivity index (χ2n) is 7.34. The van der Waals surface area contributed by atoms with E-state index in [0.717, 1.165) is 23.5 Å². The molecule has 0 saturated carbocycles. The van der Waals surface area contributed by atoms with E-state index in [4.69, 9.17) is 4.52 Å². The molecule has 1 aromatic carbocycles. The van der Waals surface area contributed by atoms with Crippen molar-refractivity contribution in [2.45, 2.75) is 30.4 Å². The quantitative estimate of drug-likeness (QED) is 0.575. The Morgan fingerprint density at radius 2 is 2.16 bits per heavy atom. The Labute approximate surface area is 187 Å². The number of hydrogen-bond acceptors (Lipinski definition) is 7.